The summed E-state index contributed by atoms with van der Waals surface area (Å²) in [5, 5.41) is 4.14. The van der Waals surface area contributed by atoms with Crippen LogP contribution in [0.2, 0.25) is 0 Å². The van der Waals surface area contributed by atoms with Gasteiger partial charge in [-0.1, -0.05) is 0 Å². The van der Waals surface area contributed by atoms with E-state index in [4.69, 9.17) is 4.74 Å². The van der Waals surface area contributed by atoms with E-state index in [1.165, 1.54) is 7.11 Å². The van der Waals surface area contributed by atoms with Crippen LogP contribution in [-0.4, -0.2) is 21.5 Å². The minimum atomic E-state index is -0.126. The van der Waals surface area contributed by atoms with Gasteiger partial charge in [-0.2, -0.15) is 5.10 Å². The summed E-state index contributed by atoms with van der Waals surface area (Å²) < 4.78 is 8.43. The highest BCUT2D eigenvalue weighted by molar-refractivity contribution is 5.35. The van der Waals surface area contributed by atoms with Crippen molar-refractivity contribution in [3.63, 3.8) is 0 Å². The molecule has 0 spiro atoms. The average Bonchev–Trinajstić information content (AvgIpc) is 2.82. The van der Waals surface area contributed by atoms with Crippen LogP contribution >= 0.6 is 0 Å². The molecule has 0 fully saturated rings. The molecule has 2 aromatic rings. The predicted octanol–water partition coefficient (Wildman–Crippen LogP) is 1.62. The van der Waals surface area contributed by atoms with Crippen LogP contribution in [0.1, 0.15) is 19.9 Å². The topological polar surface area (TPSA) is 49.0 Å². The minimum absolute atomic E-state index is 0.0758. The van der Waals surface area contributed by atoms with Gasteiger partial charge in [-0.3, -0.25) is 4.79 Å². The van der Waals surface area contributed by atoms with Crippen LogP contribution in [-0.2, 0) is 0 Å². The molecule has 0 saturated heterocycles. The number of methoxy groups -OCH3 is 1. The second-order valence-electron chi connectivity index (χ2n) is 4.02. The Morgan fingerprint density at radius 1 is 1.41 bits per heavy atom. The maximum absolute atomic E-state index is 12.0. The van der Waals surface area contributed by atoms with E-state index in [0.29, 0.717) is 5.75 Å². The molecule has 0 aromatic carbocycles. The van der Waals surface area contributed by atoms with E-state index < -0.39 is 0 Å². The number of hydrogen-bond acceptors (Lipinski definition) is 3. The molecule has 0 amide bonds. The van der Waals surface area contributed by atoms with Gasteiger partial charge in [-0.05, 0) is 19.9 Å². The third kappa shape index (κ3) is 2.08. The van der Waals surface area contributed by atoms with Crippen molar-refractivity contribution >= 4 is 0 Å². The number of pyridine rings is 1. The Morgan fingerprint density at radius 2 is 2.18 bits per heavy atom. The molecule has 2 rings (SSSR count). The van der Waals surface area contributed by atoms with Crippen molar-refractivity contribution in [3.8, 4) is 11.4 Å². The Labute approximate surface area is 99.3 Å². The number of ether oxygens (including phenoxy) is 1. The molecule has 0 radical (unpaired) electrons. The smallest absolute Gasteiger partial charge is 0.293 e. The third-order valence-electron chi connectivity index (χ3n) is 2.54. The van der Waals surface area contributed by atoms with E-state index in [2.05, 4.69) is 5.10 Å². The lowest BCUT2D eigenvalue weighted by Crippen LogP contribution is -2.23. The zero-order valence-electron chi connectivity index (χ0n) is 10.1. The second-order valence-corrected chi connectivity index (χ2v) is 4.02. The van der Waals surface area contributed by atoms with E-state index in [0.717, 1.165) is 5.69 Å². The average molecular weight is 233 g/mol. The van der Waals surface area contributed by atoms with Crippen LogP contribution in [0.3, 0.4) is 0 Å². The molecule has 0 aliphatic heterocycles. The van der Waals surface area contributed by atoms with Gasteiger partial charge in [0.15, 0.2) is 5.75 Å². The lowest BCUT2D eigenvalue weighted by atomic mass is 10.3. The van der Waals surface area contributed by atoms with Crippen LogP contribution in [0.25, 0.3) is 5.69 Å². The summed E-state index contributed by atoms with van der Waals surface area (Å²) in [5.41, 5.74) is 0.679. The Kier molecular flexibility index (Phi) is 2.99. The normalized spacial score (nSPS) is 10.8. The highest BCUT2D eigenvalue weighted by Crippen LogP contribution is 2.14. The first-order valence-electron chi connectivity index (χ1n) is 5.43. The van der Waals surface area contributed by atoms with Crippen molar-refractivity contribution in [2.24, 2.45) is 0 Å². The molecule has 2 aromatic heterocycles. The van der Waals surface area contributed by atoms with E-state index in [9.17, 15) is 4.79 Å². The van der Waals surface area contributed by atoms with E-state index in [-0.39, 0.29) is 11.6 Å². The summed E-state index contributed by atoms with van der Waals surface area (Å²) in [6, 6.07) is 3.60. The van der Waals surface area contributed by atoms with Crippen LogP contribution in [0.4, 0.5) is 0 Å². The molecule has 17 heavy (non-hydrogen) atoms. The molecular formula is C12H15N3O2. The molecule has 0 saturated carbocycles. The van der Waals surface area contributed by atoms with E-state index in [1.807, 2.05) is 26.1 Å². The van der Waals surface area contributed by atoms with Crippen molar-refractivity contribution in [1.29, 1.82) is 0 Å². The summed E-state index contributed by atoms with van der Waals surface area (Å²) in [4.78, 5) is 12.0. The van der Waals surface area contributed by atoms with Gasteiger partial charge in [0.05, 0.1) is 12.8 Å². The first-order chi connectivity index (χ1) is 8.13. The van der Waals surface area contributed by atoms with Gasteiger partial charge >= 0.3 is 0 Å². The van der Waals surface area contributed by atoms with Crippen molar-refractivity contribution in [1.82, 2.24) is 14.3 Å². The summed E-state index contributed by atoms with van der Waals surface area (Å²) >= 11 is 0. The fourth-order valence-electron chi connectivity index (χ4n) is 1.64. The van der Waals surface area contributed by atoms with Crippen LogP contribution in [0.5, 0.6) is 5.75 Å². The van der Waals surface area contributed by atoms with Gasteiger partial charge in [0, 0.05) is 30.7 Å². The molecule has 0 bridgehead atoms. The highest BCUT2D eigenvalue weighted by atomic mass is 16.5. The molecule has 5 heteroatoms. The first-order valence-corrected chi connectivity index (χ1v) is 5.43. The SMILES string of the molecule is COc1cc(-n2cccn2)cn(C(C)C)c1=O. The Morgan fingerprint density at radius 3 is 2.71 bits per heavy atom. The standard InChI is InChI=1S/C12H15N3O2/c1-9(2)14-8-10(15-6-4-5-13-15)7-11(17-3)12(14)16/h4-9H,1-3H3. The van der Waals surface area contributed by atoms with Gasteiger partial charge in [-0.15, -0.1) is 0 Å². The van der Waals surface area contributed by atoms with Crippen LogP contribution < -0.4 is 10.3 Å². The number of aromatic nitrogens is 3. The molecule has 0 N–H and O–H groups in total. The first kappa shape index (κ1) is 11.4. The Balaban J connectivity index is 2.63. The molecular weight excluding hydrogens is 218 g/mol. The summed E-state index contributed by atoms with van der Waals surface area (Å²) in [6.45, 7) is 3.90. The van der Waals surface area contributed by atoms with Crippen molar-refractivity contribution < 1.29 is 4.74 Å². The lowest BCUT2D eigenvalue weighted by molar-refractivity contribution is 0.398. The lowest BCUT2D eigenvalue weighted by Gasteiger charge is -2.13. The summed E-state index contributed by atoms with van der Waals surface area (Å²) in [5.74, 6) is 0.326. The van der Waals surface area contributed by atoms with Gasteiger partial charge < -0.3 is 9.30 Å². The van der Waals surface area contributed by atoms with Crippen molar-refractivity contribution in [2.45, 2.75) is 19.9 Å². The summed E-state index contributed by atoms with van der Waals surface area (Å²) in [7, 11) is 1.49. The van der Waals surface area contributed by atoms with Crippen molar-refractivity contribution in [2.75, 3.05) is 7.11 Å². The maximum atomic E-state index is 12.0. The van der Waals surface area contributed by atoms with Crippen LogP contribution in [0, 0.1) is 0 Å². The molecule has 0 atom stereocenters. The number of rotatable bonds is 3. The third-order valence-corrected chi connectivity index (χ3v) is 2.54. The Hall–Kier alpha value is -2.04. The minimum Gasteiger partial charge on any atom is -0.491 e. The van der Waals surface area contributed by atoms with Crippen molar-refractivity contribution in [3.05, 3.63) is 41.1 Å². The predicted molar refractivity (Wildman–Crippen MR) is 64.8 cm³/mol. The fourth-order valence-corrected chi connectivity index (χ4v) is 1.64. The molecule has 2 heterocycles. The van der Waals surface area contributed by atoms with Gasteiger partial charge in [0.1, 0.15) is 0 Å². The molecule has 90 valence electrons. The van der Waals surface area contributed by atoms with E-state index in [1.54, 1.807) is 27.7 Å². The fraction of sp³-hybridized carbons (Fsp3) is 0.333. The molecule has 0 aliphatic carbocycles. The monoisotopic (exact) mass is 233 g/mol. The molecule has 5 nitrogen and oxygen atoms in total. The number of hydrogen-bond donors (Lipinski definition) is 0. The quantitative estimate of drug-likeness (QED) is 0.809. The highest BCUT2D eigenvalue weighted by Gasteiger charge is 2.10. The molecule has 0 aliphatic rings. The zero-order chi connectivity index (χ0) is 12.4. The summed E-state index contributed by atoms with van der Waals surface area (Å²) in [6.07, 6.45) is 5.30. The van der Waals surface area contributed by atoms with Gasteiger partial charge in [-0.25, -0.2) is 4.68 Å². The largest absolute Gasteiger partial charge is 0.491 e. The van der Waals surface area contributed by atoms with Crippen LogP contribution in [0.15, 0.2) is 35.5 Å². The number of nitrogens with zero attached hydrogens (tertiary/aromatic N) is 3. The van der Waals surface area contributed by atoms with E-state index >= 15 is 0 Å². The Bertz CT molecular complexity index is 556. The molecule has 0 unspecified atom stereocenters. The van der Waals surface area contributed by atoms with Gasteiger partial charge in [0.25, 0.3) is 5.56 Å². The second kappa shape index (κ2) is 4.45. The van der Waals surface area contributed by atoms with Gasteiger partial charge in [0.2, 0.25) is 0 Å². The maximum Gasteiger partial charge on any atom is 0.293 e. The zero-order valence-corrected chi connectivity index (χ0v) is 10.1.